The molecule has 1 aliphatic heterocycles. The molecule has 1 saturated heterocycles. The molecular weight excluding hydrogens is 196 g/mol. The van der Waals surface area contributed by atoms with Crippen LogP contribution in [0.4, 0.5) is 0 Å². The predicted octanol–water partition coefficient (Wildman–Crippen LogP) is 2.64. The predicted molar refractivity (Wildman–Crippen MR) is 69.7 cm³/mol. The van der Waals surface area contributed by atoms with E-state index in [0.29, 0.717) is 11.5 Å². The van der Waals surface area contributed by atoms with E-state index in [1.165, 1.54) is 38.8 Å². The molecule has 2 rings (SSSR count). The molecule has 2 heteroatoms. The van der Waals surface area contributed by atoms with Gasteiger partial charge in [0.2, 0.25) is 0 Å². The highest BCUT2D eigenvalue weighted by molar-refractivity contribution is 4.94. The molecule has 1 aliphatic carbocycles. The minimum absolute atomic E-state index is 0.519. The molecule has 94 valence electrons. The van der Waals surface area contributed by atoms with Gasteiger partial charge in [-0.25, -0.2) is 0 Å². The second-order valence-corrected chi connectivity index (χ2v) is 6.67. The Morgan fingerprint density at radius 1 is 1.25 bits per heavy atom. The Hall–Kier alpha value is -0.0800. The Labute approximate surface area is 101 Å². The van der Waals surface area contributed by atoms with Gasteiger partial charge in [-0.3, -0.25) is 4.90 Å². The van der Waals surface area contributed by atoms with Gasteiger partial charge in [-0.05, 0) is 45.1 Å². The minimum Gasteiger partial charge on any atom is -0.309 e. The summed E-state index contributed by atoms with van der Waals surface area (Å²) in [5.41, 5.74) is 0.519. The molecule has 2 atom stereocenters. The maximum absolute atomic E-state index is 3.91. The Morgan fingerprint density at radius 2 is 2.00 bits per heavy atom. The Morgan fingerprint density at radius 3 is 2.50 bits per heavy atom. The number of nitrogens with zero attached hydrogens (tertiary/aromatic N) is 1. The van der Waals surface area contributed by atoms with Crippen LogP contribution in [0.15, 0.2) is 0 Å². The highest BCUT2D eigenvalue weighted by atomic mass is 15.2. The minimum atomic E-state index is 0.519. The fourth-order valence-corrected chi connectivity index (χ4v) is 3.31. The van der Waals surface area contributed by atoms with Crippen LogP contribution in [0.5, 0.6) is 0 Å². The number of hydrogen-bond donors (Lipinski definition) is 1. The van der Waals surface area contributed by atoms with Crippen LogP contribution in [-0.4, -0.2) is 36.1 Å². The molecule has 0 aromatic carbocycles. The number of rotatable bonds is 3. The molecule has 2 aliphatic rings. The van der Waals surface area contributed by atoms with Crippen molar-refractivity contribution in [1.82, 2.24) is 10.2 Å². The Balaban J connectivity index is 1.83. The molecule has 2 fully saturated rings. The lowest BCUT2D eigenvalue weighted by Crippen LogP contribution is -2.45. The van der Waals surface area contributed by atoms with Gasteiger partial charge in [-0.15, -0.1) is 0 Å². The lowest BCUT2D eigenvalue weighted by Gasteiger charge is -2.31. The second-order valence-electron chi connectivity index (χ2n) is 6.67. The van der Waals surface area contributed by atoms with E-state index in [1.807, 2.05) is 0 Å². The van der Waals surface area contributed by atoms with E-state index in [0.717, 1.165) is 12.1 Å². The van der Waals surface area contributed by atoms with Crippen LogP contribution in [0.2, 0.25) is 0 Å². The third-order valence-corrected chi connectivity index (χ3v) is 4.64. The molecule has 1 heterocycles. The van der Waals surface area contributed by atoms with E-state index < -0.39 is 0 Å². The van der Waals surface area contributed by atoms with E-state index in [4.69, 9.17) is 0 Å². The van der Waals surface area contributed by atoms with Gasteiger partial charge < -0.3 is 5.32 Å². The first-order valence-electron chi connectivity index (χ1n) is 6.99. The van der Waals surface area contributed by atoms with Crippen molar-refractivity contribution in [3.8, 4) is 0 Å². The summed E-state index contributed by atoms with van der Waals surface area (Å²) >= 11 is 0. The fraction of sp³-hybridized carbons (Fsp3) is 1.00. The van der Waals surface area contributed by atoms with Crippen molar-refractivity contribution in [2.24, 2.45) is 5.41 Å². The molecule has 0 aromatic rings. The van der Waals surface area contributed by atoms with Crippen LogP contribution in [0.3, 0.4) is 0 Å². The third kappa shape index (κ3) is 2.60. The zero-order valence-electron chi connectivity index (χ0n) is 11.4. The normalized spacial score (nSPS) is 35.1. The molecule has 0 amide bonds. The van der Waals surface area contributed by atoms with Crippen LogP contribution in [-0.2, 0) is 0 Å². The summed E-state index contributed by atoms with van der Waals surface area (Å²) in [6, 6.07) is 2.21. The van der Waals surface area contributed by atoms with Gasteiger partial charge in [-0.2, -0.15) is 0 Å². The summed E-state index contributed by atoms with van der Waals surface area (Å²) in [7, 11) is 0. The van der Waals surface area contributed by atoms with E-state index >= 15 is 0 Å². The molecule has 0 radical (unpaired) electrons. The third-order valence-electron chi connectivity index (χ3n) is 4.64. The first kappa shape index (κ1) is 12.4. The molecular formula is C14H28N2. The first-order chi connectivity index (χ1) is 7.49. The summed E-state index contributed by atoms with van der Waals surface area (Å²) in [4.78, 5) is 2.60. The summed E-state index contributed by atoms with van der Waals surface area (Å²) in [6.45, 7) is 12.0. The summed E-state index contributed by atoms with van der Waals surface area (Å²) < 4.78 is 0. The zero-order chi connectivity index (χ0) is 11.8. The van der Waals surface area contributed by atoms with E-state index in [1.54, 1.807) is 0 Å². The Kier molecular flexibility index (Phi) is 3.60. The summed E-state index contributed by atoms with van der Waals surface area (Å²) in [5.74, 6) is 0. The average molecular weight is 224 g/mol. The highest BCUT2D eigenvalue weighted by Crippen LogP contribution is 2.37. The van der Waals surface area contributed by atoms with Crippen molar-refractivity contribution < 1.29 is 0 Å². The Bertz CT molecular complexity index is 235. The van der Waals surface area contributed by atoms with Crippen LogP contribution in [0, 0.1) is 5.41 Å². The van der Waals surface area contributed by atoms with Gasteiger partial charge in [0.15, 0.2) is 0 Å². The van der Waals surface area contributed by atoms with Crippen molar-refractivity contribution in [2.45, 2.75) is 71.5 Å². The summed E-state index contributed by atoms with van der Waals surface area (Å²) in [5, 5.41) is 3.91. The number of nitrogens with one attached hydrogen (secondary N) is 1. The smallest absolute Gasteiger partial charge is 0.0210 e. The highest BCUT2D eigenvalue weighted by Gasteiger charge is 2.36. The molecule has 0 spiro atoms. The average Bonchev–Trinajstić information content (AvgIpc) is 2.75. The van der Waals surface area contributed by atoms with Crippen molar-refractivity contribution in [2.75, 3.05) is 13.1 Å². The number of likely N-dealkylation sites (tertiary alicyclic amines) is 1. The van der Waals surface area contributed by atoms with Gasteiger partial charge in [-0.1, -0.05) is 20.3 Å². The van der Waals surface area contributed by atoms with Crippen LogP contribution < -0.4 is 5.32 Å². The van der Waals surface area contributed by atoms with Crippen molar-refractivity contribution in [1.29, 1.82) is 0 Å². The van der Waals surface area contributed by atoms with Gasteiger partial charge in [0.1, 0.15) is 0 Å². The zero-order valence-corrected chi connectivity index (χ0v) is 11.4. The van der Waals surface area contributed by atoms with Crippen LogP contribution in [0.25, 0.3) is 0 Å². The van der Waals surface area contributed by atoms with E-state index in [2.05, 4.69) is 37.9 Å². The maximum atomic E-state index is 3.91. The maximum Gasteiger partial charge on any atom is 0.0210 e. The topological polar surface area (TPSA) is 15.3 Å². The van der Waals surface area contributed by atoms with Gasteiger partial charge in [0, 0.05) is 24.7 Å². The second kappa shape index (κ2) is 4.66. The monoisotopic (exact) mass is 224 g/mol. The molecule has 1 N–H and O–H groups in total. The number of hydrogen-bond acceptors (Lipinski definition) is 2. The largest absolute Gasteiger partial charge is 0.309 e. The standard InChI is InChI=1S/C14H28N2/c1-11(2)16-9-7-12(10-16)15-13-6-5-8-14(13,3)4/h11-13,15H,5-10H2,1-4H3. The van der Waals surface area contributed by atoms with Crippen LogP contribution in [0.1, 0.15) is 53.4 Å². The van der Waals surface area contributed by atoms with E-state index in [-0.39, 0.29) is 0 Å². The lowest BCUT2D eigenvalue weighted by atomic mass is 9.87. The quantitative estimate of drug-likeness (QED) is 0.793. The van der Waals surface area contributed by atoms with Crippen LogP contribution >= 0.6 is 0 Å². The van der Waals surface area contributed by atoms with Crippen molar-refractivity contribution in [3.63, 3.8) is 0 Å². The van der Waals surface area contributed by atoms with Gasteiger partial charge >= 0.3 is 0 Å². The van der Waals surface area contributed by atoms with Crippen molar-refractivity contribution >= 4 is 0 Å². The molecule has 2 nitrogen and oxygen atoms in total. The molecule has 0 bridgehead atoms. The molecule has 0 aromatic heterocycles. The van der Waals surface area contributed by atoms with Gasteiger partial charge in [0.25, 0.3) is 0 Å². The fourth-order valence-electron chi connectivity index (χ4n) is 3.31. The van der Waals surface area contributed by atoms with Gasteiger partial charge in [0.05, 0.1) is 0 Å². The first-order valence-corrected chi connectivity index (χ1v) is 6.99. The molecule has 2 unspecified atom stereocenters. The lowest BCUT2D eigenvalue weighted by molar-refractivity contribution is 0.239. The van der Waals surface area contributed by atoms with Crippen molar-refractivity contribution in [3.05, 3.63) is 0 Å². The SMILES string of the molecule is CC(C)N1CCC(NC2CCCC2(C)C)C1. The summed E-state index contributed by atoms with van der Waals surface area (Å²) in [6.07, 6.45) is 5.52. The van der Waals surface area contributed by atoms with E-state index in [9.17, 15) is 0 Å². The molecule has 16 heavy (non-hydrogen) atoms. The molecule has 1 saturated carbocycles.